The Balaban J connectivity index is 1.78. The second-order valence-corrected chi connectivity index (χ2v) is 5.93. The van der Waals surface area contributed by atoms with Crippen molar-refractivity contribution in [1.29, 1.82) is 0 Å². The molecule has 0 radical (unpaired) electrons. The average molecular weight is 297 g/mol. The van der Waals surface area contributed by atoms with Gasteiger partial charge in [0.1, 0.15) is 6.04 Å². The van der Waals surface area contributed by atoms with Crippen molar-refractivity contribution in [1.82, 2.24) is 15.1 Å². The summed E-state index contributed by atoms with van der Waals surface area (Å²) < 4.78 is 0. The number of piperidine rings is 1. The van der Waals surface area contributed by atoms with Gasteiger partial charge in [-0.25, -0.2) is 9.59 Å². The third-order valence-electron chi connectivity index (χ3n) is 4.66. The summed E-state index contributed by atoms with van der Waals surface area (Å²) in [5.74, 6) is -1.33. The number of hydrogen-bond acceptors (Lipinski definition) is 4. The van der Waals surface area contributed by atoms with Crippen molar-refractivity contribution in [2.24, 2.45) is 5.92 Å². The van der Waals surface area contributed by atoms with Gasteiger partial charge in [0, 0.05) is 26.1 Å². The molecule has 0 saturated carbocycles. The first kappa shape index (κ1) is 14.1. The first-order valence-electron chi connectivity index (χ1n) is 7.25. The Morgan fingerprint density at radius 3 is 2.76 bits per heavy atom. The molecule has 3 aliphatic heterocycles. The summed E-state index contributed by atoms with van der Waals surface area (Å²) in [6.45, 7) is 0.975. The monoisotopic (exact) mass is 297 g/mol. The van der Waals surface area contributed by atoms with Gasteiger partial charge in [-0.15, -0.1) is 0 Å². The fourth-order valence-electron chi connectivity index (χ4n) is 3.61. The van der Waals surface area contributed by atoms with Crippen LogP contribution in [-0.2, 0) is 9.59 Å². The molecule has 3 saturated heterocycles. The molecule has 116 valence electrons. The lowest BCUT2D eigenvalue weighted by atomic mass is 9.92. The van der Waals surface area contributed by atoms with Gasteiger partial charge in [-0.05, 0) is 12.8 Å². The Morgan fingerprint density at radius 2 is 2.05 bits per heavy atom. The maximum atomic E-state index is 12.6. The van der Waals surface area contributed by atoms with E-state index in [1.807, 2.05) is 0 Å². The minimum absolute atomic E-state index is 0.0328. The fourth-order valence-corrected chi connectivity index (χ4v) is 3.61. The molecular formula is C13H19N3O5. The predicted octanol–water partition coefficient (Wildman–Crippen LogP) is -1.16. The normalized spacial score (nSPS) is 35.6. The highest BCUT2D eigenvalue weighted by molar-refractivity contribution is 5.86. The molecule has 4 atom stereocenters. The molecule has 8 nitrogen and oxygen atoms in total. The van der Waals surface area contributed by atoms with Crippen molar-refractivity contribution in [3.05, 3.63) is 0 Å². The number of likely N-dealkylation sites (tertiary alicyclic amines) is 2. The van der Waals surface area contributed by atoms with Gasteiger partial charge in [0.05, 0.1) is 18.1 Å². The number of carbonyl (C=O) groups is 3. The number of nitrogens with zero attached hydrogens (tertiary/aromatic N) is 2. The largest absolute Gasteiger partial charge is 0.480 e. The summed E-state index contributed by atoms with van der Waals surface area (Å²) in [6.07, 6.45) is 0.735. The lowest BCUT2D eigenvalue weighted by Gasteiger charge is -2.39. The van der Waals surface area contributed by atoms with E-state index in [2.05, 4.69) is 5.32 Å². The van der Waals surface area contributed by atoms with E-state index in [1.165, 1.54) is 4.90 Å². The number of carboxylic acids is 1. The Hall–Kier alpha value is -1.83. The smallest absolute Gasteiger partial charge is 0.326 e. The molecule has 8 heteroatoms. The van der Waals surface area contributed by atoms with Gasteiger partial charge >= 0.3 is 12.0 Å². The Bertz CT molecular complexity index is 482. The van der Waals surface area contributed by atoms with Gasteiger partial charge in [-0.1, -0.05) is 0 Å². The van der Waals surface area contributed by atoms with E-state index < -0.39 is 18.1 Å². The Morgan fingerprint density at radius 1 is 1.29 bits per heavy atom. The standard InChI is InChI=1S/C13H19N3O5/c17-7-4-9(12(19)20)16(6-7)13(21)15-3-1-2-8-10(15)5-14-11(8)18/h7-10,17H,1-6H2,(H,14,18)(H,19,20)/t7-,8?,9-,10?/m0/s1. The zero-order valence-corrected chi connectivity index (χ0v) is 11.6. The molecule has 3 aliphatic rings. The molecule has 2 unspecified atom stereocenters. The van der Waals surface area contributed by atoms with Crippen LogP contribution in [0.1, 0.15) is 19.3 Å². The summed E-state index contributed by atoms with van der Waals surface area (Å²) in [7, 11) is 0. The summed E-state index contributed by atoms with van der Waals surface area (Å²) in [5, 5.41) is 21.6. The minimum Gasteiger partial charge on any atom is -0.480 e. The van der Waals surface area contributed by atoms with E-state index in [9.17, 15) is 24.6 Å². The summed E-state index contributed by atoms with van der Waals surface area (Å²) in [4.78, 5) is 38.4. The van der Waals surface area contributed by atoms with Gasteiger partial charge in [0.15, 0.2) is 0 Å². The highest BCUT2D eigenvalue weighted by atomic mass is 16.4. The molecule has 3 fully saturated rings. The molecule has 21 heavy (non-hydrogen) atoms. The third-order valence-corrected chi connectivity index (χ3v) is 4.66. The maximum Gasteiger partial charge on any atom is 0.326 e. The number of fused-ring (bicyclic) bond motifs is 1. The van der Waals surface area contributed by atoms with Crippen LogP contribution in [0, 0.1) is 5.92 Å². The Labute approximate surface area is 121 Å². The fraction of sp³-hybridized carbons (Fsp3) is 0.769. The molecule has 0 bridgehead atoms. The zero-order valence-electron chi connectivity index (χ0n) is 11.6. The van der Waals surface area contributed by atoms with Crippen LogP contribution in [0.5, 0.6) is 0 Å². The molecule has 0 aliphatic carbocycles. The van der Waals surface area contributed by atoms with Crippen molar-refractivity contribution < 1.29 is 24.6 Å². The minimum atomic E-state index is -1.10. The predicted molar refractivity (Wildman–Crippen MR) is 70.4 cm³/mol. The molecule has 0 spiro atoms. The van der Waals surface area contributed by atoms with Gasteiger partial charge < -0.3 is 25.3 Å². The first-order valence-corrected chi connectivity index (χ1v) is 7.25. The Kier molecular flexibility index (Phi) is 3.48. The van der Waals surface area contributed by atoms with E-state index in [1.54, 1.807) is 4.90 Å². The lowest BCUT2D eigenvalue weighted by Crippen LogP contribution is -2.55. The number of aliphatic hydroxyl groups is 1. The quantitative estimate of drug-likeness (QED) is 0.565. The molecule has 0 aromatic rings. The van der Waals surface area contributed by atoms with E-state index in [4.69, 9.17) is 0 Å². The maximum absolute atomic E-state index is 12.6. The third kappa shape index (κ3) is 2.33. The van der Waals surface area contributed by atoms with Gasteiger partial charge in [0.2, 0.25) is 5.91 Å². The summed E-state index contributed by atoms with van der Waals surface area (Å²) in [5.41, 5.74) is 0. The number of nitrogens with one attached hydrogen (secondary N) is 1. The van der Waals surface area contributed by atoms with E-state index in [0.29, 0.717) is 13.1 Å². The van der Waals surface area contributed by atoms with Crippen LogP contribution in [0.2, 0.25) is 0 Å². The number of aliphatic hydroxyl groups excluding tert-OH is 1. The molecule has 3 rings (SSSR count). The second kappa shape index (κ2) is 5.18. The van der Waals surface area contributed by atoms with Crippen LogP contribution in [0.15, 0.2) is 0 Å². The molecule has 3 N–H and O–H groups in total. The van der Waals surface area contributed by atoms with Gasteiger partial charge in [-0.3, -0.25) is 4.79 Å². The van der Waals surface area contributed by atoms with Crippen molar-refractivity contribution in [2.45, 2.75) is 37.5 Å². The number of hydrogen-bond donors (Lipinski definition) is 3. The number of rotatable bonds is 1. The lowest BCUT2D eigenvalue weighted by molar-refractivity contribution is -0.141. The van der Waals surface area contributed by atoms with E-state index >= 15 is 0 Å². The van der Waals surface area contributed by atoms with Crippen molar-refractivity contribution in [3.63, 3.8) is 0 Å². The number of amides is 3. The number of urea groups is 1. The van der Waals surface area contributed by atoms with E-state index in [0.717, 1.165) is 12.8 Å². The SMILES string of the molecule is O=C1NCC2C1CCCN2C(=O)N1C[C@@H](O)C[C@H]1C(=O)O. The molecule has 0 aromatic heterocycles. The zero-order chi connectivity index (χ0) is 15.1. The summed E-state index contributed by atoms with van der Waals surface area (Å²) in [6, 6.07) is -1.57. The number of aliphatic carboxylic acids is 1. The van der Waals surface area contributed by atoms with Crippen molar-refractivity contribution in [3.8, 4) is 0 Å². The van der Waals surface area contributed by atoms with Crippen LogP contribution in [0.25, 0.3) is 0 Å². The van der Waals surface area contributed by atoms with Crippen LogP contribution >= 0.6 is 0 Å². The van der Waals surface area contributed by atoms with Crippen LogP contribution in [0.4, 0.5) is 4.79 Å². The van der Waals surface area contributed by atoms with Crippen LogP contribution in [-0.4, -0.2) is 75.7 Å². The molecular weight excluding hydrogens is 278 g/mol. The number of β-amino-alcohol motifs (C(OH)–C–C–N with tert-alkyl or cyclic N) is 1. The summed E-state index contributed by atoms with van der Waals surface area (Å²) >= 11 is 0. The average Bonchev–Trinajstić information content (AvgIpc) is 3.02. The van der Waals surface area contributed by atoms with Crippen molar-refractivity contribution >= 4 is 17.9 Å². The number of carboxylic acid groups (broad SMARTS) is 1. The van der Waals surface area contributed by atoms with E-state index in [-0.39, 0.29) is 36.9 Å². The van der Waals surface area contributed by atoms with Crippen LogP contribution in [0.3, 0.4) is 0 Å². The molecule has 3 amide bonds. The van der Waals surface area contributed by atoms with Gasteiger partial charge in [-0.2, -0.15) is 0 Å². The van der Waals surface area contributed by atoms with Crippen molar-refractivity contribution in [2.75, 3.05) is 19.6 Å². The molecule has 3 heterocycles. The second-order valence-electron chi connectivity index (χ2n) is 5.93. The highest BCUT2D eigenvalue weighted by Crippen LogP contribution is 2.30. The highest BCUT2D eigenvalue weighted by Gasteiger charge is 2.47. The number of carbonyl (C=O) groups excluding carboxylic acids is 2. The molecule has 0 aromatic carbocycles. The van der Waals surface area contributed by atoms with Gasteiger partial charge in [0.25, 0.3) is 0 Å². The first-order chi connectivity index (χ1) is 9.99. The van der Waals surface area contributed by atoms with Crippen LogP contribution < -0.4 is 5.32 Å². The topological polar surface area (TPSA) is 110 Å².